The van der Waals surface area contributed by atoms with E-state index in [9.17, 15) is 18.8 Å². The van der Waals surface area contributed by atoms with Crippen LogP contribution < -0.4 is 15.0 Å². The topological polar surface area (TPSA) is 75.7 Å². The van der Waals surface area contributed by atoms with Gasteiger partial charge >= 0.3 is 6.03 Å². The van der Waals surface area contributed by atoms with Crippen LogP contribution in [0.25, 0.3) is 6.08 Å². The lowest BCUT2D eigenvalue weighted by Crippen LogP contribution is -2.54. The van der Waals surface area contributed by atoms with Crippen molar-refractivity contribution in [1.29, 1.82) is 0 Å². The predicted octanol–water partition coefficient (Wildman–Crippen LogP) is 5.80. The third-order valence-corrected chi connectivity index (χ3v) is 5.84. The third-order valence-electron chi connectivity index (χ3n) is 4.97. The average Bonchev–Trinajstić information content (AvgIpc) is 2.76. The van der Waals surface area contributed by atoms with Gasteiger partial charge in [0, 0.05) is 0 Å². The van der Waals surface area contributed by atoms with Crippen LogP contribution in [0, 0.1) is 12.7 Å². The summed E-state index contributed by atoms with van der Waals surface area (Å²) in [6.07, 6.45) is 1.30. The zero-order valence-corrected chi connectivity index (χ0v) is 20.1. The van der Waals surface area contributed by atoms with E-state index in [-0.39, 0.29) is 16.3 Å². The zero-order chi connectivity index (χ0) is 24.4. The molecular weight excluding hydrogens is 527 g/mol. The molecule has 172 valence electrons. The lowest BCUT2D eigenvalue weighted by atomic mass is 10.1. The number of ether oxygens (including phenoxy) is 1. The number of halogens is 3. The van der Waals surface area contributed by atoms with Gasteiger partial charge in [-0.2, -0.15) is 0 Å². The van der Waals surface area contributed by atoms with Crippen molar-refractivity contribution in [3.8, 4) is 5.75 Å². The second-order valence-electron chi connectivity index (χ2n) is 7.53. The monoisotopic (exact) mass is 542 g/mol. The first-order valence-electron chi connectivity index (χ1n) is 10.1. The van der Waals surface area contributed by atoms with Crippen molar-refractivity contribution in [1.82, 2.24) is 5.32 Å². The van der Waals surface area contributed by atoms with Crippen LogP contribution in [-0.4, -0.2) is 17.8 Å². The molecule has 3 aromatic carbocycles. The number of nitrogens with one attached hydrogen (secondary N) is 1. The van der Waals surface area contributed by atoms with Gasteiger partial charge < -0.3 is 4.74 Å². The molecule has 1 saturated heterocycles. The van der Waals surface area contributed by atoms with E-state index in [2.05, 4.69) is 21.2 Å². The van der Waals surface area contributed by atoms with Crippen molar-refractivity contribution < 1.29 is 23.5 Å². The van der Waals surface area contributed by atoms with E-state index >= 15 is 0 Å². The molecule has 34 heavy (non-hydrogen) atoms. The molecule has 0 saturated carbocycles. The highest BCUT2D eigenvalue weighted by Gasteiger charge is 2.37. The summed E-state index contributed by atoms with van der Waals surface area (Å²) in [5, 5.41) is 2.36. The molecule has 0 aliphatic carbocycles. The van der Waals surface area contributed by atoms with E-state index in [0.29, 0.717) is 27.3 Å². The van der Waals surface area contributed by atoms with Crippen LogP contribution in [0.4, 0.5) is 14.9 Å². The van der Waals surface area contributed by atoms with Crippen LogP contribution >= 0.6 is 27.5 Å². The molecule has 0 bridgehead atoms. The highest BCUT2D eigenvalue weighted by atomic mass is 79.9. The van der Waals surface area contributed by atoms with Crippen LogP contribution in [0.1, 0.15) is 16.7 Å². The summed E-state index contributed by atoms with van der Waals surface area (Å²) in [7, 11) is 0. The summed E-state index contributed by atoms with van der Waals surface area (Å²) in [5.74, 6) is -1.97. The fourth-order valence-electron chi connectivity index (χ4n) is 3.43. The first kappa shape index (κ1) is 23.7. The number of rotatable bonds is 5. The molecular formula is C25H17BrClFN2O4. The molecule has 4 rings (SSSR count). The molecule has 1 fully saturated rings. The molecule has 9 heteroatoms. The minimum Gasteiger partial charge on any atom is -0.486 e. The molecule has 3 aromatic rings. The first-order valence-corrected chi connectivity index (χ1v) is 11.2. The SMILES string of the molecule is Cc1cccc(COc2c(Cl)cc(/C=C3\C(=O)NC(=O)N(c4cccc(F)c4)C3=O)cc2Br)c1. The fraction of sp³-hybridized carbons (Fsp3) is 0.0800. The van der Waals surface area contributed by atoms with Crippen LogP contribution in [0.5, 0.6) is 5.75 Å². The Bertz CT molecular complexity index is 1340. The van der Waals surface area contributed by atoms with Crippen molar-refractivity contribution in [2.45, 2.75) is 13.5 Å². The number of aryl methyl sites for hydroxylation is 1. The molecule has 0 radical (unpaired) electrons. The number of hydrogen-bond acceptors (Lipinski definition) is 4. The number of urea groups is 1. The van der Waals surface area contributed by atoms with Crippen LogP contribution in [0.2, 0.25) is 5.02 Å². The lowest BCUT2D eigenvalue weighted by molar-refractivity contribution is -0.122. The largest absolute Gasteiger partial charge is 0.486 e. The van der Waals surface area contributed by atoms with Crippen molar-refractivity contribution in [3.05, 3.63) is 98.2 Å². The summed E-state index contributed by atoms with van der Waals surface area (Å²) >= 11 is 9.83. The summed E-state index contributed by atoms with van der Waals surface area (Å²) in [5.41, 5.74) is 2.20. The van der Waals surface area contributed by atoms with Crippen LogP contribution in [-0.2, 0) is 16.2 Å². The number of barbiturate groups is 1. The number of carbonyl (C=O) groups excluding carboxylic acids is 3. The van der Waals surface area contributed by atoms with Gasteiger partial charge in [-0.15, -0.1) is 0 Å². The molecule has 0 spiro atoms. The highest BCUT2D eigenvalue weighted by Crippen LogP contribution is 2.36. The number of nitrogens with zero attached hydrogens (tertiary/aromatic N) is 1. The maximum atomic E-state index is 13.6. The number of carbonyl (C=O) groups is 3. The van der Waals surface area contributed by atoms with Gasteiger partial charge in [0.05, 0.1) is 15.2 Å². The molecule has 1 aliphatic heterocycles. The smallest absolute Gasteiger partial charge is 0.335 e. The first-order chi connectivity index (χ1) is 16.2. The Kier molecular flexibility index (Phi) is 6.81. The maximum Gasteiger partial charge on any atom is 0.335 e. The van der Waals surface area contributed by atoms with Crippen LogP contribution in [0.3, 0.4) is 0 Å². The summed E-state index contributed by atoms with van der Waals surface area (Å²) in [4.78, 5) is 38.3. The van der Waals surface area contributed by atoms with Gasteiger partial charge in [0.15, 0.2) is 5.75 Å². The Hall–Kier alpha value is -3.49. The molecule has 1 N–H and O–H groups in total. The molecule has 0 atom stereocenters. The molecule has 4 amide bonds. The van der Waals surface area contributed by atoms with Gasteiger partial charge in [0.2, 0.25) is 0 Å². The minimum atomic E-state index is -0.961. The second-order valence-corrected chi connectivity index (χ2v) is 8.79. The van der Waals surface area contributed by atoms with E-state index in [1.54, 1.807) is 6.07 Å². The lowest BCUT2D eigenvalue weighted by Gasteiger charge is -2.26. The number of benzene rings is 3. The summed E-state index contributed by atoms with van der Waals surface area (Å²) < 4.78 is 20.0. The van der Waals surface area contributed by atoms with Crippen molar-refractivity contribution in [3.63, 3.8) is 0 Å². The molecule has 1 aliphatic rings. The molecule has 0 aromatic heterocycles. The Morgan fingerprint density at radius 1 is 1.09 bits per heavy atom. The fourth-order valence-corrected chi connectivity index (χ4v) is 4.42. The van der Waals surface area contributed by atoms with Gasteiger partial charge in [-0.25, -0.2) is 14.1 Å². The number of imide groups is 2. The Morgan fingerprint density at radius 3 is 2.56 bits per heavy atom. The molecule has 6 nitrogen and oxygen atoms in total. The Balaban J connectivity index is 1.61. The predicted molar refractivity (Wildman–Crippen MR) is 130 cm³/mol. The van der Waals surface area contributed by atoms with E-state index in [4.69, 9.17) is 16.3 Å². The van der Waals surface area contributed by atoms with Crippen molar-refractivity contribution in [2.24, 2.45) is 0 Å². The standard InChI is InChI=1S/C25H17BrClFN2O4/c1-14-4-2-5-15(8-14)13-34-22-20(26)10-16(11-21(22)27)9-19-23(31)29-25(33)30(24(19)32)18-7-3-6-17(28)12-18/h2-12H,13H2,1H3,(H,29,31,33)/b19-9+. The summed E-state index contributed by atoms with van der Waals surface area (Å²) in [6.45, 7) is 2.28. The van der Waals surface area contributed by atoms with E-state index in [0.717, 1.165) is 17.2 Å². The van der Waals surface area contributed by atoms with Gasteiger partial charge in [-0.05, 0) is 70.4 Å². The van der Waals surface area contributed by atoms with Crippen molar-refractivity contribution >= 4 is 57.1 Å². The second kappa shape index (κ2) is 9.79. The normalized spacial score (nSPS) is 15.0. The Labute approximate surface area is 208 Å². The number of hydrogen-bond donors (Lipinski definition) is 1. The van der Waals surface area contributed by atoms with Gasteiger partial charge in [-0.1, -0.05) is 47.5 Å². The Morgan fingerprint density at radius 2 is 1.85 bits per heavy atom. The molecule has 1 heterocycles. The van der Waals surface area contributed by atoms with Gasteiger partial charge in [0.25, 0.3) is 11.8 Å². The van der Waals surface area contributed by atoms with E-state index < -0.39 is 23.7 Å². The average molecular weight is 544 g/mol. The highest BCUT2D eigenvalue weighted by molar-refractivity contribution is 9.10. The zero-order valence-electron chi connectivity index (χ0n) is 17.8. The van der Waals surface area contributed by atoms with Gasteiger partial charge in [0.1, 0.15) is 18.0 Å². The molecule has 0 unspecified atom stereocenters. The van der Waals surface area contributed by atoms with Crippen molar-refractivity contribution in [2.75, 3.05) is 4.90 Å². The minimum absolute atomic E-state index is 0.00000889. The number of amides is 4. The third kappa shape index (κ3) is 5.03. The van der Waals surface area contributed by atoms with Crippen LogP contribution in [0.15, 0.2) is 70.7 Å². The van der Waals surface area contributed by atoms with Gasteiger partial charge in [-0.3, -0.25) is 14.9 Å². The summed E-state index contributed by atoms with van der Waals surface area (Å²) in [6, 6.07) is 15.0. The maximum absolute atomic E-state index is 13.6. The van der Waals surface area contributed by atoms with E-state index in [1.165, 1.54) is 30.3 Å². The number of anilines is 1. The van der Waals surface area contributed by atoms with E-state index in [1.807, 2.05) is 31.2 Å². The quantitative estimate of drug-likeness (QED) is 0.326.